The van der Waals surface area contributed by atoms with Gasteiger partial charge in [0, 0.05) is 38.0 Å². The Hall–Kier alpha value is -1.53. The van der Waals surface area contributed by atoms with Crippen LogP contribution in [0.5, 0.6) is 0 Å². The number of carbonyl (C=O) groups is 2. The Balaban J connectivity index is 1.36. The van der Waals surface area contributed by atoms with Crippen molar-refractivity contribution in [2.24, 2.45) is 0 Å². The van der Waals surface area contributed by atoms with E-state index in [0.717, 1.165) is 31.7 Å². The molecular weight excluding hydrogens is 346 g/mol. The van der Waals surface area contributed by atoms with Gasteiger partial charge in [0.15, 0.2) is 0 Å². The summed E-state index contributed by atoms with van der Waals surface area (Å²) in [5.74, 6) is 1.72. The summed E-state index contributed by atoms with van der Waals surface area (Å²) >= 11 is 1.67. The number of carbonyl (C=O) groups excluding carboxylic acids is 2. The molecule has 2 aliphatic rings. The first-order chi connectivity index (χ1) is 12.5. The first-order valence-corrected chi connectivity index (χ1v) is 10.6. The lowest BCUT2D eigenvalue weighted by atomic mass is 10.2. The first kappa shape index (κ1) is 19.2. The highest BCUT2D eigenvalue weighted by atomic mass is 32.2. The predicted molar refractivity (Wildman–Crippen MR) is 106 cm³/mol. The summed E-state index contributed by atoms with van der Waals surface area (Å²) in [7, 11) is 0. The van der Waals surface area contributed by atoms with Crippen molar-refractivity contribution in [3.63, 3.8) is 0 Å². The average molecular weight is 376 g/mol. The number of amides is 2. The van der Waals surface area contributed by atoms with Crippen LogP contribution >= 0.6 is 11.8 Å². The maximum atomic E-state index is 12.4. The Labute approximate surface area is 160 Å². The molecule has 2 fully saturated rings. The lowest BCUT2D eigenvalue weighted by Gasteiger charge is -2.37. The summed E-state index contributed by atoms with van der Waals surface area (Å²) in [6.45, 7) is 7.01. The van der Waals surface area contributed by atoms with E-state index in [4.69, 9.17) is 0 Å². The molecule has 1 aliphatic heterocycles. The summed E-state index contributed by atoms with van der Waals surface area (Å²) in [5, 5.41) is 3.07. The molecule has 0 bridgehead atoms. The Morgan fingerprint density at radius 2 is 1.81 bits per heavy atom. The van der Waals surface area contributed by atoms with Crippen LogP contribution in [-0.2, 0) is 15.3 Å². The zero-order chi connectivity index (χ0) is 18.5. The highest BCUT2D eigenvalue weighted by Gasteiger charge is 2.30. The molecular formula is C20H29N3O2S. The van der Waals surface area contributed by atoms with Gasteiger partial charge in [-0.15, -0.1) is 11.8 Å². The second kappa shape index (κ2) is 8.91. The first-order valence-electron chi connectivity index (χ1n) is 9.48. The van der Waals surface area contributed by atoms with Crippen LogP contribution in [0.15, 0.2) is 24.3 Å². The van der Waals surface area contributed by atoms with Gasteiger partial charge in [0.2, 0.25) is 11.8 Å². The molecule has 1 aromatic rings. The van der Waals surface area contributed by atoms with Gasteiger partial charge < -0.3 is 10.2 Å². The number of nitrogens with one attached hydrogen (secondary N) is 1. The largest absolute Gasteiger partial charge is 0.352 e. The van der Waals surface area contributed by atoms with Gasteiger partial charge in [0.05, 0.1) is 11.8 Å². The highest BCUT2D eigenvalue weighted by Crippen LogP contribution is 2.19. The molecule has 1 aromatic carbocycles. The summed E-state index contributed by atoms with van der Waals surface area (Å²) in [4.78, 5) is 28.7. The van der Waals surface area contributed by atoms with Crippen molar-refractivity contribution >= 4 is 23.6 Å². The van der Waals surface area contributed by atoms with Crippen LogP contribution in [0, 0.1) is 6.92 Å². The number of thioether (sulfide) groups is 1. The minimum absolute atomic E-state index is 0.108. The van der Waals surface area contributed by atoms with Crippen molar-refractivity contribution < 1.29 is 9.59 Å². The fraction of sp³-hybridized carbons (Fsp3) is 0.600. The molecule has 1 atom stereocenters. The SMILES string of the molecule is Cc1ccc(CSCC(=O)N2CCN(C(C)C(=O)NC3CC3)CC2)cc1. The van der Waals surface area contributed by atoms with Crippen LogP contribution in [0.3, 0.4) is 0 Å². The maximum Gasteiger partial charge on any atom is 0.237 e. The zero-order valence-corrected chi connectivity index (χ0v) is 16.6. The number of hydrogen-bond donors (Lipinski definition) is 1. The Bertz CT molecular complexity index is 622. The van der Waals surface area contributed by atoms with Crippen LogP contribution in [0.4, 0.5) is 0 Å². The van der Waals surface area contributed by atoms with E-state index >= 15 is 0 Å². The monoisotopic (exact) mass is 375 g/mol. The van der Waals surface area contributed by atoms with Gasteiger partial charge in [-0.2, -0.15) is 0 Å². The standard InChI is InChI=1S/C20H29N3O2S/c1-15-3-5-17(6-4-15)13-26-14-19(24)23-11-9-22(10-12-23)16(2)20(25)21-18-7-8-18/h3-6,16,18H,7-14H2,1-2H3,(H,21,25). The second-order valence-corrected chi connectivity index (χ2v) is 8.34. The lowest BCUT2D eigenvalue weighted by molar-refractivity contribution is -0.131. The normalized spacial score (nSPS) is 19.2. The van der Waals surface area contributed by atoms with Crippen molar-refractivity contribution in [3.8, 4) is 0 Å². The second-order valence-electron chi connectivity index (χ2n) is 7.35. The fourth-order valence-corrected chi connectivity index (χ4v) is 3.99. The molecule has 1 saturated carbocycles. The molecule has 26 heavy (non-hydrogen) atoms. The van der Waals surface area contributed by atoms with E-state index in [-0.39, 0.29) is 17.9 Å². The number of hydrogen-bond acceptors (Lipinski definition) is 4. The summed E-state index contributed by atoms with van der Waals surface area (Å²) in [6.07, 6.45) is 2.22. The third-order valence-electron chi connectivity index (χ3n) is 5.13. The average Bonchev–Trinajstić information content (AvgIpc) is 3.46. The van der Waals surface area contributed by atoms with E-state index < -0.39 is 0 Å². The topological polar surface area (TPSA) is 52.7 Å². The quantitative estimate of drug-likeness (QED) is 0.792. The van der Waals surface area contributed by atoms with Gasteiger partial charge in [0.1, 0.15) is 0 Å². The summed E-state index contributed by atoms with van der Waals surface area (Å²) in [5.41, 5.74) is 2.52. The number of nitrogens with zero attached hydrogens (tertiary/aromatic N) is 2. The van der Waals surface area contributed by atoms with E-state index in [2.05, 4.69) is 41.4 Å². The molecule has 2 amide bonds. The molecule has 5 nitrogen and oxygen atoms in total. The lowest BCUT2D eigenvalue weighted by Crippen LogP contribution is -2.55. The predicted octanol–water partition coefficient (Wildman–Crippen LogP) is 2.04. The molecule has 0 aromatic heterocycles. The van der Waals surface area contributed by atoms with Crippen molar-refractivity contribution in [1.29, 1.82) is 0 Å². The van der Waals surface area contributed by atoms with E-state index in [1.165, 1.54) is 11.1 Å². The Morgan fingerprint density at radius 1 is 1.15 bits per heavy atom. The smallest absolute Gasteiger partial charge is 0.237 e. The van der Waals surface area contributed by atoms with Crippen molar-refractivity contribution in [1.82, 2.24) is 15.1 Å². The molecule has 142 valence electrons. The molecule has 0 radical (unpaired) electrons. The van der Waals surface area contributed by atoms with Gasteiger partial charge in [-0.1, -0.05) is 29.8 Å². The fourth-order valence-electron chi connectivity index (χ4n) is 3.11. The molecule has 1 aliphatic carbocycles. The minimum Gasteiger partial charge on any atom is -0.352 e. The van der Waals surface area contributed by atoms with E-state index in [1.54, 1.807) is 11.8 Å². The van der Waals surface area contributed by atoms with E-state index in [1.807, 2.05) is 11.8 Å². The molecule has 1 heterocycles. The van der Waals surface area contributed by atoms with Gasteiger partial charge in [-0.3, -0.25) is 14.5 Å². The van der Waals surface area contributed by atoms with Crippen LogP contribution < -0.4 is 5.32 Å². The highest BCUT2D eigenvalue weighted by molar-refractivity contribution is 7.99. The third-order valence-corrected chi connectivity index (χ3v) is 6.12. The minimum atomic E-state index is -0.108. The van der Waals surface area contributed by atoms with Gasteiger partial charge >= 0.3 is 0 Å². The van der Waals surface area contributed by atoms with Crippen molar-refractivity contribution in [2.75, 3.05) is 31.9 Å². The van der Waals surface area contributed by atoms with Gasteiger partial charge in [0.25, 0.3) is 0 Å². The van der Waals surface area contributed by atoms with Crippen LogP contribution in [-0.4, -0.2) is 65.6 Å². The van der Waals surface area contributed by atoms with E-state index in [9.17, 15) is 9.59 Å². The molecule has 1 N–H and O–H groups in total. The third kappa shape index (κ3) is 5.48. The zero-order valence-electron chi connectivity index (χ0n) is 15.7. The van der Waals surface area contributed by atoms with E-state index in [0.29, 0.717) is 24.9 Å². The Kier molecular flexibility index (Phi) is 6.59. The van der Waals surface area contributed by atoms with Crippen molar-refractivity contribution in [2.45, 2.75) is 44.5 Å². The van der Waals surface area contributed by atoms with Crippen LogP contribution in [0.25, 0.3) is 0 Å². The molecule has 3 rings (SSSR count). The Morgan fingerprint density at radius 3 is 2.42 bits per heavy atom. The number of piperazine rings is 1. The van der Waals surface area contributed by atoms with Crippen LogP contribution in [0.2, 0.25) is 0 Å². The molecule has 1 unspecified atom stereocenters. The van der Waals surface area contributed by atoms with Crippen molar-refractivity contribution in [3.05, 3.63) is 35.4 Å². The summed E-state index contributed by atoms with van der Waals surface area (Å²) in [6, 6.07) is 8.76. The van der Waals surface area contributed by atoms with Gasteiger partial charge in [-0.25, -0.2) is 0 Å². The molecule has 6 heteroatoms. The number of rotatable bonds is 7. The molecule has 0 spiro atoms. The van der Waals surface area contributed by atoms with Gasteiger partial charge in [-0.05, 0) is 32.3 Å². The maximum absolute atomic E-state index is 12.4. The number of benzene rings is 1. The summed E-state index contributed by atoms with van der Waals surface area (Å²) < 4.78 is 0. The molecule has 1 saturated heterocycles. The number of aryl methyl sites for hydroxylation is 1. The van der Waals surface area contributed by atoms with Crippen LogP contribution in [0.1, 0.15) is 30.9 Å².